The molecule has 8 N–H and O–H groups in total. The fraction of sp³-hybridized carbons (Fsp3) is 0.0625. The quantitative estimate of drug-likeness (QED) is 0.320. The second-order valence-corrected chi connectivity index (χ2v) is 5.48. The van der Waals surface area contributed by atoms with Gasteiger partial charge in [-0.25, -0.2) is 14.8 Å². The summed E-state index contributed by atoms with van der Waals surface area (Å²) in [7, 11) is 0. The van der Waals surface area contributed by atoms with E-state index in [1.165, 1.54) is 18.2 Å². The summed E-state index contributed by atoms with van der Waals surface area (Å²) in [5, 5.41) is 42.3. The summed E-state index contributed by atoms with van der Waals surface area (Å²) < 4.78 is 0. The van der Waals surface area contributed by atoms with Gasteiger partial charge in [0.15, 0.2) is 6.19 Å². The number of aliphatic imine (C=N–C) groups is 1. The van der Waals surface area contributed by atoms with Crippen molar-refractivity contribution in [1.82, 2.24) is 10.3 Å². The Morgan fingerprint density at radius 1 is 1.33 bits per heavy atom. The molecule has 1 aromatic heterocycles. The number of hydrogen-bond acceptors (Lipinski definition) is 10. The molecule has 11 heteroatoms. The van der Waals surface area contributed by atoms with E-state index < -0.39 is 17.8 Å². The molecule has 1 aromatic carbocycles. The molecule has 0 saturated heterocycles. The molecular formula is C16H12N8O3. The number of phenols is 1. The fourth-order valence-corrected chi connectivity index (χ4v) is 2.72. The Balaban J connectivity index is 2.23. The van der Waals surface area contributed by atoms with Crippen molar-refractivity contribution in [2.24, 2.45) is 4.99 Å². The number of nitrogens with two attached hydrogens (primary N) is 2. The number of nitrogen functional groups attached to an aromatic ring is 2. The normalized spacial score (nSPS) is 14.7. The van der Waals surface area contributed by atoms with Gasteiger partial charge < -0.3 is 27.0 Å². The van der Waals surface area contributed by atoms with E-state index in [2.05, 4.69) is 20.6 Å². The van der Waals surface area contributed by atoms with Crippen LogP contribution in [0.2, 0.25) is 0 Å². The van der Waals surface area contributed by atoms with E-state index in [1.54, 1.807) is 6.19 Å². The average Bonchev–Trinajstić information content (AvgIpc) is 2.61. The van der Waals surface area contributed by atoms with Crippen molar-refractivity contribution < 1.29 is 15.0 Å². The van der Waals surface area contributed by atoms with Gasteiger partial charge in [-0.1, -0.05) is 6.07 Å². The first-order valence-corrected chi connectivity index (χ1v) is 7.42. The Labute approximate surface area is 152 Å². The minimum absolute atomic E-state index is 0.0289. The zero-order valence-corrected chi connectivity index (χ0v) is 13.6. The van der Waals surface area contributed by atoms with Crippen LogP contribution < -0.4 is 22.1 Å². The predicted molar refractivity (Wildman–Crippen MR) is 94.5 cm³/mol. The van der Waals surface area contributed by atoms with Crippen LogP contribution in [-0.2, 0) is 0 Å². The lowest BCUT2D eigenvalue weighted by Gasteiger charge is -2.26. The Hall–Kier alpha value is -4.51. The number of aromatic hydroxyl groups is 1. The number of fused-ring (bicyclic) bond motifs is 1. The molecule has 1 aliphatic heterocycles. The molecule has 1 aliphatic rings. The number of hydrogen-bond donors (Lipinski definition) is 6. The number of guanidine groups is 1. The molecule has 1 atom stereocenters. The molecule has 1 unspecified atom stereocenters. The highest BCUT2D eigenvalue weighted by atomic mass is 16.4. The molecule has 0 aliphatic carbocycles. The SMILES string of the molecule is N#CNC1=NC(c2ccc(C(=O)O)c(O)c2)c2c(nc(N)c(C#N)c2N)N1. The van der Waals surface area contributed by atoms with Crippen LogP contribution in [0, 0.1) is 22.8 Å². The van der Waals surface area contributed by atoms with E-state index >= 15 is 0 Å². The number of carbonyl (C=O) groups is 1. The third kappa shape index (κ3) is 2.85. The number of nitrogens with zero attached hydrogens (tertiary/aromatic N) is 4. The first-order valence-electron chi connectivity index (χ1n) is 7.42. The number of benzene rings is 1. The van der Waals surface area contributed by atoms with Crippen LogP contribution in [0.15, 0.2) is 23.2 Å². The molecule has 27 heavy (non-hydrogen) atoms. The van der Waals surface area contributed by atoms with Crippen LogP contribution >= 0.6 is 0 Å². The smallest absolute Gasteiger partial charge is 0.339 e. The number of nitriles is 2. The molecule has 0 radical (unpaired) electrons. The van der Waals surface area contributed by atoms with E-state index in [0.717, 1.165) is 0 Å². The van der Waals surface area contributed by atoms with E-state index in [9.17, 15) is 15.2 Å². The molecule has 134 valence electrons. The zero-order chi connectivity index (χ0) is 19.7. The third-order valence-corrected chi connectivity index (χ3v) is 3.93. The number of anilines is 3. The average molecular weight is 364 g/mol. The number of rotatable bonds is 2. The number of aromatic nitrogens is 1. The van der Waals surface area contributed by atoms with Crippen LogP contribution in [0.1, 0.15) is 33.1 Å². The second-order valence-electron chi connectivity index (χ2n) is 5.48. The zero-order valence-electron chi connectivity index (χ0n) is 13.6. The summed E-state index contributed by atoms with van der Waals surface area (Å²) in [6.45, 7) is 0. The maximum atomic E-state index is 11.1. The molecule has 0 fully saturated rings. The van der Waals surface area contributed by atoms with Crippen molar-refractivity contribution in [1.29, 1.82) is 10.5 Å². The standard InChI is InChI=1S/C16H12N8O3/c17-4-8-11(19)10-12(6-1-2-7(15(26)27)9(25)3-6)22-16(21-5-18)24-14(10)23-13(8)20/h1-3,12,25H,(H,26,27)(H6,19,20,21,22,23,24). The lowest BCUT2D eigenvalue weighted by Crippen LogP contribution is -2.32. The second kappa shape index (κ2) is 6.42. The van der Waals surface area contributed by atoms with Gasteiger partial charge in [0.2, 0.25) is 5.96 Å². The van der Waals surface area contributed by atoms with Crippen LogP contribution in [-0.4, -0.2) is 27.1 Å². The highest BCUT2D eigenvalue weighted by Gasteiger charge is 2.30. The largest absolute Gasteiger partial charge is 0.507 e. The van der Waals surface area contributed by atoms with Crippen LogP contribution in [0.25, 0.3) is 0 Å². The topological polar surface area (TPSA) is 206 Å². The van der Waals surface area contributed by atoms with Gasteiger partial charge >= 0.3 is 5.97 Å². The van der Waals surface area contributed by atoms with Gasteiger partial charge in [-0.3, -0.25) is 5.32 Å². The molecule has 2 heterocycles. The van der Waals surface area contributed by atoms with Gasteiger partial charge in [0, 0.05) is 5.56 Å². The summed E-state index contributed by atoms with van der Waals surface area (Å²) >= 11 is 0. The first-order chi connectivity index (χ1) is 12.9. The van der Waals surface area contributed by atoms with Crippen molar-refractivity contribution in [3.63, 3.8) is 0 Å². The monoisotopic (exact) mass is 364 g/mol. The molecule has 0 spiro atoms. The molecular weight excluding hydrogens is 352 g/mol. The van der Waals surface area contributed by atoms with Gasteiger partial charge in [0.05, 0.1) is 5.69 Å². The van der Waals surface area contributed by atoms with Crippen LogP contribution in [0.5, 0.6) is 5.75 Å². The number of carboxylic acids is 1. The highest BCUT2D eigenvalue weighted by Crippen LogP contribution is 2.41. The summed E-state index contributed by atoms with van der Waals surface area (Å²) in [6.07, 6.45) is 1.71. The molecule has 0 bridgehead atoms. The van der Waals surface area contributed by atoms with E-state index in [4.69, 9.17) is 21.8 Å². The van der Waals surface area contributed by atoms with E-state index in [1.807, 2.05) is 6.07 Å². The third-order valence-electron chi connectivity index (χ3n) is 3.93. The lowest BCUT2D eigenvalue weighted by molar-refractivity contribution is 0.0693. The molecule has 0 saturated carbocycles. The van der Waals surface area contributed by atoms with Crippen molar-refractivity contribution in [2.45, 2.75) is 6.04 Å². The summed E-state index contributed by atoms with van der Waals surface area (Å²) in [6, 6.07) is 4.88. The number of nitrogens with one attached hydrogen (secondary N) is 2. The fourth-order valence-electron chi connectivity index (χ4n) is 2.72. The maximum Gasteiger partial charge on any atom is 0.339 e. The number of aromatic carboxylic acids is 1. The van der Waals surface area contributed by atoms with Crippen LogP contribution in [0.4, 0.5) is 17.3 Å². The maximum absolute atomic E-state index is 11.1. The van der Waals surface area contributed by atoms with Crippen molar-refractivity contribution in [3.05, 3.63) is 40.5 Å². The first kappa shape index (κ1) is 17.3. The predicted octanol–water partition coefficient (Wildman–Crippen LogP) is 0.463. The molecule has 11 nitrogen and oxygen atoms in total. The minimum Gasteiger partial charge on any atom is -0.507 e. The minimum atomic E-state index is -1.29. The number of pyridine rings is 1. The Bertz CT molecular complexity index is 1080. The summed E-state index contributed by atoms with van der Waals surface area (Å²) in [4.78, 5) is 19.5. The lowest BCUT2D eigenvalue weighted by atomic mass is 9.94. The van der Waals surface area contributed by atoms with E-state index in [0.29, 0.717) is 11.1 Å². The Kier molecular flexibility index (Phi) is 4.12. The van der Waals surface area contributed by atoms with Gasteiger partial charge in [0.25, 0.3) is 0 Å². The summed E-state index contributed by atoms with van der Waals surface area (Å²) in [5.41, 5.74) is 12.3. The van der Waals surface area contributed by atoms with E-state index in [-0.39, 0.29) is 34.4 Å². The molecule has 0 amide bonds. The highest BCUT2D eigenvalue weighted by molar-refractivity contribution is 5.98. The summed E-state index contributed by atoms with van der Waals surface area (Å²) in [5.74, 6) is -1.62. The Morgan fingerprint density at radius 2 is 2.07 bits per heavy atom. The van der Waals surface area contributed by atoms with Gasteiger partial charge in [-0.05, 0) is 17.7 Å². The van der Waals surface area contributed by atoms with Crippen molar-refractivity contribution in [2.75, 3.05) is 16.8 Å². The van der Waals surface area contributed by atoms with Gasteiger partial charge in [-0.2, -0.15) is 10.5 Å². The Morgan fingerprint density at radius 3 is 2.67 bits per heavy atom. The van der Waals surface area contributed by atoms with Gasteiger partial charge in [-0.15, -0.1) is 0 Å². The number of carboxylic acid groups (broad SMARTS) is 1. The molecule has 3 rings (SSSR count). The van der Waals surface area contributed by atoms with Gasteiger partial charge in [0.1, 0.15) is 40.6 Å². The van der Waals surface area contributed by atoms with Crippen molar-refractivity contribution >= 4 is 29.3 Å². The molecule has 2 aromatic rings. The van der Waals surface area contributed by atoms with Crippen LogP contribution in [0.3, 0.4) is 0 Å². The van der Waals surface area contributed by atoms with Crippen molar-refractivity contribution in [3.8, 4) is 18.0 Å².